The number of halogens is 2. The van der Waals surface area contributed by atoms with Crippen molar-refractivity contribution in [3.05, 3.63) is 39.9 Å². The first kappa shape index (κ1) is 27.6. The lowest BCUT2D eigenvalue weighted by Crippen LogP contribution is -2.50. The summed E-state index contributed by atoms with van der Waals surface area (Å²) in [6.45, 7) is 3.23. The number of aliphatic hydroxyl groups is 1. The number of amides is 2. The van der Waals surface area contributed by atoms with Crippen LogP contribution >= 0.6 is 23.2 Å². The fourth-order valence-corrected chi connectivity index (χ4v) is 3.32. The van der Waals surface area contributed by atoms with Crippen LogP contribution in [0.25, 0.3) is 0 Å². The third-order valence-electron chi connectivity index (χ3n) is 5.03. The van der Waals surface area contributed by atoms with E-state index in [9.17, 15) is 29.6 Å². The zero-order chi connectivity index (χ0) is 25.3. The summed E-state index contributed by atoms with van der Waals surface area (Å²) in [7, 11) is 0. The quantitative estimate of drug-likeness (QED) is 0.201. The molecule has 0 bridgehead atoms. The lowest BCUT2D eigenvalue weighted by Gasteiger charge is -2.33. The van der Waals surface area contributed by atoms with Crippen LogP contribution in [-0.4, -0.2) is 94.6 Å². The molecular weight excluding hydrogens is 495 g/mol. The minimum atomic E-state index is -1.42. The van der Waals surface area contributed by atoms with Gasteiger partial charge in [0.25, 0.3) is 11.6 Å². The van der Waals surface area contributed by atoms with Gasteiger partial charge in [-0.2, -0.15) is 0 Å². The second kappa shape index (κ2) is 13.3. The summed E-state index contributed by atoms with van der Waals surface area (Å²) in [6, 6.07) is 3.94. The molecule has 2 rings (SSSR count). The van der Waals surface area contributed by atoms with Gasteiger partial charge < -0.3 is 24.8 Å². The fourth-order valence-electron chi connectivity index (χ4n) is 3.20. The Labute approximate surface area is 205 Å². The Balaban J connectivity index is 1.94. The van der Waals surface area contributed by atoms with Gasteiger partial charge >= 0.3 is 12.1 Å². The van der Waals surface area contributed by atoms with Crippen molar-refractivity contribution in [1.29, 1.82) is 0 Å². The molecule has 1 heterocycles. The molecule has 1 aromatic carbocycles. The van der Waals surface area contributed by atoms with Gasteiger partial charge in [0, 0.05) is 38.3 Å². The number of non-ortho nitro benzene ring substituents is 1. The van der Waals surface area contributed by atoms with Crippen molar-refractivity contribution in [1.82, 2.24) is 15.1 Å². The molecule has 1 aliphatic rings. The molecule has 188 valence electrons. The Hall–Kier alpha value is -2.67. The van der Waals surface area contributed by atoms with E-state index in [0.29, 0.717) is 26.2 Å². The molecule has 1 fully saturated rings. The maximum atomic E-state index is 12.3. The summed E-state index contributed by atoms with van der Waals surface area (Å²) in [5, 5.41) is 23.9. The molecule has 2 atom stereocenters. The zero-order valence-electron chi connectivity index (χ0n) is 18.4. The van der Waals surface area contributed by atoms with Gasteiger partial charge in [0.2, 0.25) is 0 Å². The molecule has 2 N–H and O–H groups in total. The molecule has 12 nitrogen and oxygen atoms in total. The second-order valence-electron chi connectivity index (χ2n) is 7.35. The number of alkyl halides is 2. The molecule has 0 spiro atoms. The first-order chi connectivity index (χ1) is 16.1. The Morgan fingerprint density at radius 3 is 2.29 bits per heavy atom. The van der Waals surface area contributed by atoms with Crippen LogP contribution < -0.4 is 5.32 Å². The van der Waals surface area contributed by atoms with E-state index in [0.717, 1.165) is 0 Å². The standard InChI is InChI=1S/C20H26Cl2N4O8/c1-2-33-20(30)25-9-7-24(8-10-25)11-16(27)34-12-15(23-19(29)18(21)22)17(28)13-3-5-14(6-4-13)26(31)32/h3-6,15,17-18,28H,2,7-12H2,1H3,(H,23,29)/t15-,17-/m1/s1. The molecule has 1 saturated heterocycles. The monoisotopic (exact) mass is 520 g/mol. The second-order valence-corrected chi connectivity index (χ2v) is 8.45. The van der Waals surface area contributed by atoms with Crippen molar-refractivity contribution in [2.45, 2.75) is 23.9 Å². The van der Waals surface area contributed by atoms with Crippen LogP contribution in [-0.2, 0) is 19.1 Å². The van der Waals surface area contributed by atoms with E-state index < -0.39 is 46.5 Å². The molecule has 1 aromatic rings. The predicted octanol–water partition coefficient (Wildman–Crippen LogP) is 1.23. The molecule has 1 aliphatic heterocycles. The van der Waals surface area contributed by atoms with Crippen molar-refractivity contribution in [3.8, 4) is 0 Å². The molecule has 14 heteroatoms. The number of rotatable bonds is 10. The van der Waals surface area contributed by atoms with Crippen LogP contribution in [0, 0.1) is 10.1 Å². The number of esters is 1. The van der Waals surface area contributed by atoms with E-state index in [1.165, 1.54) is 24.3 Å². The van der Waals surface area contributed by atoms with E-state index >= 15 is 0 Å². The highest BCUT2D eigenvalue weighted by atomic mass is 35.5. The number of piperazine rings is 1. The third kappa shape index (κ3) is 8.28. The number of benzene rings is 1. The van der Waals surface area contributed by atoms with Crippen LogP contribution in [0.1, 0.15) is 18.6 Å². The number of carbonyl (C=O) groups is 3. The van der Waals surface area contributed by atoms with E-state index in [1.807, 2.05) is 0 Å². The van der Waals surface area contributed by atoms with Crippen molar-refractivity contribution < 1.29 is 33.9 Å². The molecular formula is C20H26Cl2N4O8. The number of nitro groups is 1. The number of nitrogens with zero attached hydrogens (tertiary/aromatic N) is 3. The van der Waals surface area contributed by atoms with Crippen molar-refractivity contribution in [2.75, 3.05) is 45.9 Å². The molecule has 0 aliphatic carbocycles. The first-order valence-corrected chi connectivity index (χ1v) is 11.3. The maximum absolute atomic E-state index is 12.3. The lowest BCUT2D eigenvalue weighted by molar-refractivity contribution is -0.384. The Morgan fingerprint density at radius 1 is 1.15 bits per heavy atom. The van der Waals surface area contributed by atoms with Gasteiger partial charge in [-0.1, -0.05) is 23.2 Å². The van der Waals surface area contributed by atoms with Crippen LogP contribution in [0.2, 0.25) is 0 Å². The average molecular weight is 521 g/mol. The smallest absolute Gasteiger partial charge is 0.409 e. The van der Waals surface area contributed by atoms with Crippen LogP contribution in [0.5, 0.6) is 0 Å². The summed E-state index contributed by atoms with van der Waals surface area (Å²) < 4.78 is 10.2. The van der Waals surface area contributed by atoms with Gasteiger partial charge in [-0.05, 0) is 24.6 Å². The molecule has 0 saturated carbocycles. The maximum Gasteiger partial charge on any atom is 0.409 e. The van der Waals surface area contributed by atoms with Gasteiger partial charge in [0.05, 0.1) is 24.1 Å². The Kier molecular flexibility index (Phi) is 10.8. The normalized spacial score (nSPS) is 16.0. The van der Waals surface area contributed by atoms with E-state index in [-0.39, 0.29) is 24.4 Å². The average Bonchev–Trinajstić information content (AvgIpc) is 2.81. The topological polar surface area (TPSA) is 152 Å². The van der Waals surface area contributed by atoms with Gasteiger partial charge in [0.15, 0.2) is 4.84 Å². The number of nitrogens with one attached hydrogen (secondary N) is 1. The van der Waals surface area contributed by atoms with Crippen molar-refractivity contribution >= 4 is 46.9 Å². The summed E-state index contributed by atoms with van der Waals surface area (Å²) in [5.41, 5.74) is 0.0790. The molecule has 0 unspecified atom stereocenters. The Morgan fingerprint density at radius 2 is 1.76 bits per heavy atom. The number of carbonyl (C=O) groups excluding carboxylic acids is 3. The minimum Gasteiger partial charge on any atom is -0.462 e. The highest BCUT2D eigenvalue weighted by Gasteiger charge is 2.28. The zero-order valence-corrected chi connectivity index (χ0v) is 19.9. The molecule has 0 radical (unpaired) electrons. The lowest BCUT2D eigenvalue weighted by atomic mass is 10.0. The number of hydrogen-bond acceptors (Lipinski definition) is 9. The SMILES string of the molecule is CCOC(=O)N1CCN(CC(=O)OC[C@@H](NC(=O)C(Cl)Cl)[C@H](O)c2ccc([N+](=O)[O-])cc2)CC1. The summed E-state index contributed by atoms with van der Waals surface area (Å²) in [6.07, 6.45) is -1.77. The molecule has 0 aromatic heterocycles. The number of hydrogen-bond donors (Lipinski definition) is 2. The number of aliphatic hydroxyl groups excluding tert-OH is 1. The summed E-state index contributed by atoms with van der Waals surface area (Å²) >= 11 is 11.1. The van der Waals surface area contributed by atoms with E-state index in [1.54, 1.807) is 16.7 Å². The predicted molar refractivity (Wildman–Crippen MR) is 121 cm³/mol. The third-order valence-corrected chi connectivity index (χ3v) is 5.42. The summed E-state index contributed by atoms with van der Waals surface area (Å²) in [5.74, 6) is -1.41. The largest absolute Gasteiger partial charge is 0.462 e. The van der Waals surface area contributed by atoms with Gasteiger partial charge in [-0.25, -0.2) is 4.79 Å². The highest BCUT2D eigenvalue weighted by Crippen LogP contribution is 2.21. The molecule has 34 heavy (non-hydrogen) atoms. The first-order valence-electron chi connectivity index (χ1n) is 10.4. The highest BCUT2D eigenvalue weighted by molar-refractivity contribution is 6.53. The number of ether oxygens (including phenoxy) is 2. The van der Waals surface area contributed by atoms with Gasteiger partial charge in [-0.15, -0.1) is 0 Å². The summed E-state index contributed by atoms with van der Waals surface area (Å²) in [4.78, 5) is 48.2. The van der Waals surface area contributed by atoms with Crippen molar-refractivity contribution in [3.63, 3.8) is 0 Å². The van der Waals surface area contributed by atoms with Crippen LogP contribution in [0.3, 0.4) is 0 Å². The van der Waals surface area contributed by atoms with Crippen molar-refractivity contribution in [2.24, 2.45) is 0 Å². The van der Waals surface area contributed by atoms with Gasteiger partial charge in [0.1, 0.15) is 12.7 Å². The minimum absolute atomic E-state index is 0.0569. The van der Waals surface area contributed by atoms with Gasteiger partial charge in [-0.3, -0.25) is 24.6 Å². The van der Waals surface area contributed by atoms with Crippen LogP contribution in [0.4, 0.5) is 10.5 Å². The molecule has 2 amide bonds. The van der Waals surface area contributed by atoms with Crippen LogP contribution in [0.15, 0.2) is 24.3 Å². The fraction of sp³-hybridized carbons (Fsp3) is 0.550. The Bertz CT molecular complexity index is 863. The van der Waals surface area contributed by atoms with E-state index in [2.05, 4.69) is 5.32 Å². The van der Waals surface area contributed by atoms with E-state index in [4.69, 9.17) is 32.7 Å². The number of nitro benzene ring substituents is 1.